The molecule has 1 aliphatic carbocycles. The molecule has 142 valence electrons. The summed E-state index contributed by atoms with van der Waals surface area (Å²) in [6, 6.07) is 10.4. The van der Waals surface area contributed by atoms with E-state index in [1.807, 2.05) is 12.1 Å². The second kappa shape index (κ2) is 8.32. The number of halogens is 2. The van der Waals surface area contributed by atoms with Gasteiger partial charge in [0.25, 0.3) is 0 Å². The molecule has 0 aromatic heterocycles. The molecule has 2 aromatic rings. The first-order valence-electron chi connectivity index (χ1n) is 8.83. The van der Waals surface area contributed by atoms with E-state index >= 15 is 0 Å². The van der Waals surface area contributed by atoms with Gasteiger partial charge in [-0.05, 0) is 68.5 Å². The minimum absolute atomic E-state index is 0.227. The predicted octanol–water partition coefficient (Wildman–Crippen LogP) is 5.06. The van der Waals surface area contributed by atoms with Crippen molar-refractivity contribution in [1.82, 2.24) is 0 Å². The minimum atomic E-state index is -0.918. The number of benzene rings is 2. The van der Waals surface area contributed by atoms with E-state index in [1.54, 1.807) is 32.0 Å². The van der Waals surface area contributed by atoms with Crippen LogP contribution in [0, 0.1) is 0 Å². The van der Waals surface area contributed by atoms with Crippen LogP contribution in [0.4, 0.5) is 0 Å². The third kappa shape index (κ3) is 4.63. The van der Waals surface area contributed by atoms with Crippen LogP contribution in [0.15, 0.2) is 36.4 Å². The SMILES string of the molecule is C[C@H](Oc1ccc(Cl)cc1Cl)C(=O)O[C@@H](C)C(=O)c1ccc2c(c1)CCC2. The van der Waals surface area contributed by atoms with E-state index in [2.05, 4.69) is 0 Å². The van der Waals surface area contributed by atoms with Crippen molar-refractivity contribution < 1.29 is 19.1 Å². The second-order valence-electron chi connectivity index (χ2n) is 6.62. The van der Waals surface area contributed by atoms with E-state index in [0.29, 0.717) is 21.4 Å². The molecule has 0 bridgehead atoms. The van der Waals surface area contributed by atoms with Crippen molar-refractivity contribution >= 4 is 35.0 Å². The molecular formula is C21H20Cl2O4. The van der Waals surface area contributed by atoms with Crippen LogP contribution in [-0.4, -0.2) is 24.0 Å². The maximum atomic E-state index is 12.6. The van der Waals surface area contributed by atoms with Gasteiger partial charge in [-0.2, -0.15) is 0 Å². The van der Waals surface area contributed by atoms with E-state index in [4.69, 9.17) is 32.7 Å². The van der Waals surface area contributed by atoms with Gasteiger partial charge in [0, 0.05) is 10.6 Å². The van der Waals surface area contributed by atoms with Crippen molar-refractivity contribution in [2.24, 2.45) is 0 Å². The lowest BCUT2D eigenvalue weighted by atomic mass is 10.0. The number of fused-ring (bicyclic) bond motifs is 1. The lowest BCUT2D eigenvalue weighted by molar-refractivity contribution is -0.153. The third-order valence-electron chi connectivity index (χ3n) is 4.57. The average molecular weight is 407 g/mol. The van der Waals surface area contributed by atoms with Gasteiger partial charge < -0.3 is 9.47 Å². The summed E-state index contributed by atoms with van der Waals surface area (Å²) in [5, 5.41) is 0.764. The lowest BCUT2D eigenvalue weighted by Crippen LogP contribution is -2.32. The smallest absolute Gasteiger partial charge is 0.347 e. The highest BCUT2D eigenvalue weighted by Crippen LogP contribution is 2.28. The number of hydrogen-bond donors (Lipinski definition) is 0. The molecule has 6 heteroatoms. The van der Waals surface area contributed by atoms with Crippen molar-refractivity contribution in [1.29, 1.82) is 0 Å². The predicted molar refractivity (Wildman–Crippen MR) is 105 cm³/mol. The lowest BCUT2D eigenvalue weighted by Gasteiger charge is -2.18. The molecule has 2 atom stereocenters. The molecule has 0 radical (unpaired) electrons. The van der Waals surface area contributed by atoms with Crippen molar-refractivity contribution in [2.75, 3.05) is 0 Å². The van der Waals surface area contributed by atoms with Crippen LogP contribution in [0.5, 0.6) is 5.75 Å². The molecule has 1 aliphatic rings. The summed E-state index contributed by atoms with van der Waals surface area (Å²) in [6.07, 6.45) is 1.33. The summed E-state index contributed by atoms with van der Waals surface area (Å²) in [4.78, 5) is 24.9. The highest BCUT2D eigenvalue weighted by molar-refractivity contribution is 6.35. The van der Waals surface area contributed by atoms with Crippen molar-refractivity contribution in [3.63, 3.8) is 0 Å². The van der Waals surface area contributed by atoms with E-state index in [-0.39, 0.29) is 5.78 Å². The van der Waals surface area contributed by atoms with Crippen LogP contribution >= 0.6 is 23.2 Å². The summed E-state index contributed by atoms with van der Waals surface area (Å²) in [7, 11) is 0. The van der Waals surface area contributed by atoms with Gasteiger partial charge >= 0.3 is 5.97 Å². The Hall–Kier alpha value is -2.04. The van der Waals surface area contributed by atoms with E-state index < -0.39 is 18.2 Å². The van der Waals surface area contributed by atoms with Gasteiger partial charge in [0.15, 0.2) is 12.2 Å². The topological polar surface area (TPSA) is 52.6 Å². The zero-order valence-corrected chi connectivity index (χ0v) is 16.6. The van der Waals surface area contributed by atoms with Crippen LogP contribution in [0.1, 0.15) is 41.8 Å². The highest BCUT2D eigenvalue weighted by atomic mass is 35.5. The molecule has 3 rings (SSSR count). The van der Waals surface area contributed by atoms with Gasteiger partial charge in [-0.1, -0.05) is 35.3 Å². The van der Waals surface area contributed by atoms with Crippen LogP contribution in [0.25, 0.3) is 0 Å². The molecule has 0 aliphatic heterocycles. The van der Waals surface area contributed by atoms with Gasteiger partial charge in [0.05, 0.1) is 5.02 Å². The molecular weight excluding hydrogens is 387 g/mol. The summed E-state index contributed by atoms with van der Waals surface area (Å²) in [5.74, 6) is -0.541. The average Bonchev–Trinajstić information content (AvgIpc) is 3.10. The number of carbonyl (C=O) groups is 2. The maximum Gasteiger partial charge on any atom is 0.347 e. The number of rotatable bonds is 6. The Balaban J connectivity index is 1.61. The Morgan fingerprint density at radius 1 is 0.963 bits per heavy atom. The summed E-state index contributed by atoms with van der Waals surface area (Å²) in [5.41, 5.74) is 3.05. The first-order valence-corrected chi connectivity index (χ1v) is 9.59. The molecule has 0 spiro atoms. The van der Waals surface area contributed by atoms with Gasteiger partial charge in [-0.25, -0.2) is 4.79 Å². The minimum Gasteiger partial charge on any atom is -0.477 e. The van der Waals surface area contributed by atoms with Crippen molar-refractivity contribution in [2.45, 2.75) is 45.3 Å². The van der Waals surface area contributed by atoms with Crippen molar-refractivity contribution in [3.8, 4) is 5.75 Å². The Morgan fingerprint density at radius 3 is 2.44 bits per heavy atom. The van der Waals surface area contributed by atoms with E-state index in [0.717, 1.165) is 19.3 Å². The normalized spacial score (nSPS) is 15.0. The molecule has 0 fully saturated rings. The van der Waals surface area contributed by atoms with Gasteiger partial charge in [-0.3, -0.25) is 4.79 Å². The summed E-state index contributed by atoms with van der Waals surface area (Å²) < 4.78 is 10.8. The van der Waals surface area contributed by atoms with E-state index in [1.165, 1.54) is 17.2 Å². The number of Topliss-reactive ketones (excluding diaryl/α,β-unsaturated/α-hetero) is 1. The molecule has 4 nitrogen and oxygen atoms in total. The Morgan fingerprint density at radius 2 is 1.70 bits per heavy atom. The quantitative estimate of drug-likeness (QED) is 0.496. The highest BCUT2D eigenvalue weighted by Gasteiger charge is 2.25. The van der Waals surface area contributed by atoms with Gasteiger partial charge in [0.2, 0.25) is 5.78 Å². The van der Waals surface area contributed by atoms with Gasteiger partial charge in [-0.15, -0.1) is 0 Å². The number of aryl methyl sites for hydroxylation is 2. The fourth-order valence-corrected chi connectivity index (χ4v) is 3.55. The number of ether oxygens (including phenoxy) is 2. The maximum absolute atomic E-state index is 12.6. The number of ketones is 1. The molecule has 0 saturated heterocycles. The number of carbonyl (C=O) groups excluding carboxylic acids is 2. The Kier molecular flexibility index (Phi) is 6.08. The van der Waals surface area contributed by atoms with Crippen LogP contribution in [0.2, 0.25) is 10.0 Å². The van der Waals surface area contributed by atoms with Crippen LogP contribution in [0.3, 0.4) is 0 Å². The molecule has 2 aromatic carbocycles. The van der Waals surface area contributed by atoms with Crippen LogP contribution < -0.4 is 4.74 Å². The van der Waals surface area contributed by atoms with Gasteiger partial charge in [0.1, 0.15) is 5.75 Å². The molecule has 0 unspecified atom stereocenters. The monoisotopic (exact) mass is 406 g/mol. The third-order valence-corrected chi connectivity index (χ3v) is 5.11. The van der Waals surface area contributed by atoms with E-state index in [9.17, 15) is 9.59 Å². The first-order chi connectivity index (χ1) is 12.8. The second-order valence-corrected chi connectivity index (χ2v) is 7.46. The molecule has 27 heavy (non-hydrogen) atoms. The summed E-state index contributed by atoms with van der Waals surface area (Å²) in [6.45, 7) is 3.11. The standard InChI is InChI=1S/C21H20Cl2O4/c1-12(20(24)16-7-6-14-4-3-5-15(14)10-16)27-21(25)13(2)26-19-9-8-17(22)11-18(19)23/h6-13H,3-5H2,1-2H3/t12-,13-/m0/s1. The van der Waals surface area contributed by atoms with Crippen LogP contribution in [-0.2, 0) is 22.4 Å². The zero-order chi connectivity index (χ0) is 19.6. The Labute approximate surface area is 168 Å². The zero-order valence-electron chi connectivity index (χ0n) is 15.1. The molecule has 0 heterocycles. The summed E-state index contributed by atoms with van der Waals surface area (Å²) >= 11 is 11.9. The number of esters is 1. The fraction of sp³-hybridized carbons (Fsp3) is 0.333. The molecule has 0 saturated carbocycles. The first kappa shape index (κ1) is 19.7. The van der Waals surface area contributed by atoms with Crippen molar-refractivity contribution in [3.05, 3.63) is 63.1 Å². The fourth-order valence-electron chi connectivity index (χ4n) is 3.09. The molecule has 0 amide bonds. The molecule has 0 N–H and O–H groups in total. The Bertz CT molecular complexity index is 878. The largest absolute Gasteiger partial charge is 0.477 e. The number of hydrogen-bond acceptors (Lipinski definition) is 4.